The van der Waals surface area contributed by atoms with Gasteiger partial charge in [-0.15, -0.1) is 0 Å². The van der Waals surface area contributed by atoms with E-state index in [1.54, 1.807) is 23.3 Å². The van der Waals surface area contributed by atoms with Crippen molar-refractivity contribution in [2.75, 3.05) is 25.9 Å². The lowest BCUT2D eigenvalue weighted by molar-refractivity contribution is -0.0343. The fraction of sp³-hybridized carbons (Fsp3) is 0.455. The zero-order chi connectivity index (χ0) is 12.8. The first-order valence-corrected chi connectivity index (χ1v) is 6.48. The van der Waals surface area contributed by atoms with E-state index in [2.05, 4.69) is 0 Å². The van der Waals surface area contributed by atoms with E-state index in [4.69, 9.17) is 14.8 Å². The zero-order valence-corrected chi connectivity index (χ0v) is 11.1. The summed E-state index contributed by atoms with van der Waals surface area (Å²) >= 11 is -1.54. The summed E-state index contributed by atoms with van der Waals surface area (Å²) in [5, 5.41) is 1.62. The van der Waals surface area contributed by atoms with Crippen LogP contribution >= 0.6 is 0 Å². The molecule has 0 aliphatic carbocycles. The second-order valence-corrected chi connectivity index (χ2v) is 4.42. The van der Waals surface area contributed by atoms with Crippen molar-refractivity contribution in [3.05, 3.63) is 18.2 Å². The Labute approximate surface area is 104 Å². The van der Waals surface area contributed by atoms with Gasteiger partial charge in [-0.25, -0.2) is 4.21 Å². The van der Waals surface area contributed by atoms with Gasteiger partial charge >= 0.3 is 0 Å². The lowest BCUT2D eigenvalue weighted by atomic mass is 10.3. The number of ether oxygens (including phenoxy) is 1. The molecule has 0 fully saturated rings. The van der Waals surface area contributed by atoms with E-state index < -0.39 is 11.1 Å². The number of nitrogen functional groups attached to an aromatic ring is 1. The Balaban J connectivity index is 2.79. The maximum atomic E-state index is 11.9. The molecule has 0 amide bonds. The molecular formula is C11H18N2O3S. The first-order valence-electron chi connectivity index (χ1n) is 5.41. The van der Waals surface area contributed by atoms with Crippen molar-refractivity contribution in [1.82, 2.24) is 5.06 Å². The van der Waals surface area contributed by atoms with Gasteiger partial charge in [-0.2, -0.15) is 9.35 Å². The highest BCUT2D eigenvalue weighted by atomic mass is 32.2. The van der Waals surface area contributed by atoms with Crippen molar-refractivity contribution in [1.29, 1.82) is 0 Å². The van der Waals surface area contributed by atoms with E-state index in [9.17, 15) is 4.21 Å². The van der Waals surface area contributed by atoms with E-state index in [1.165, 1.54) is 7.11 Å². The van der Waals surface area contributed by atoms with Crippen molar-refractivity contribution in [3.8, 4) is 5.75 Å². The molecule has 0 aliphatic heterocycles. The molecule has 1 aromatic rings. The van der Waals surface area contributed by atoms with Crippen LogP contribution in [0.4, 0.5) is 5.69 Å². The molecule has 0 saturated carbocycles. The Morgan fingerprint density at radius 2 is 2.00 bits per heavy atom. The zero-order valence-electron chi connectivity index (χ0n) is 10.3. The Morgan fingerprint density at radius 1 is 1.35 bits per heavy atom. The van der Waals surface area contributed by atoms with Crippen molar-refractivity contribution < 1.29 is 13.2 Å². The lowest BCUT2D eigenvalue weighted by Gasteiger charge is -2.16. The van der Waals surface area contributed by atoms with Crippen molar-refractivity contribution >= 4 is 16.8 Å². The number of anilines is 1. The average molecular weight is 258 g/mol. The summed E-state index contributed by atoms with van der Waals surface area (Å²) in [5.74, 6) is 0.564. The number of hydrogen-bond donors (Lipinski definition) is 1. The van der Waals surface area contributed by atoms with Crippen LogP contribution in [0.5, 0.6) is 5.75 Å². The van der Waals surface area contributed by atoms with Gasteiger partial charge in [0.1, 0.15) is 5.75 Å². The van der Waals surface area contributed by atoms with E-state index in [0.717, 1.165) is 0 Å². The number of methoxy groups -OCH3 is 1. The van der Waals surface area contributed by atoms with Crippen LogP contribution in [0.15, 0.2) is 23.1 Å². The molecule has 0 spiro atoms. The smallest absolute Gasteiger partial charge is 0.206 e. The highest BCUT2D eigenvalue weighted by molar-refractivity contribution is 7.80. The number of nitrogens with zero attached hydrogens (tertiary/aromatic N) is 1. The lowest BCUT2D eigenvalue weighted by Crippen LogP contribution is -2.24. The summed E-state index contributed by atoms with van der Waals surface area (Å²) in [7, 11) is 1.54. The molecule has 0 aromatic heterocycles. The number of benzene rings is 1. The van der Waals surface area contributed by atoms with Gasteiger partial charge in [0.25, 0.3) is 0 Å². The fourth-order valence-electron chi connectivity index (χ4n) is 1.28. The summed E-state index contributed by atoms with van der Waals surface area (Å²) in [4.78, 5) is 0.523. The number of hydroxylamine groups is 2. The molecular weight excluding hydrogens is 240 g/mol. The predicted octanol–water partition coefficient (Wildman–Crippen LogP) is 1.57. The van der Waals surface area contributed by atoms with Crippen LogP contribution in [0.1, 0.15) is 13.8 Å². The average Bonchev–Trinajstić information content (AvgIpc) is 2.35. The third-order valence-electron chi connectivity index (χ3n) is 2.27. The van der Waals surface area contributed by atoms with E-state index in [0.29, 0.717) is 29.4 Å². The van der Waals surface area contributed by atoms with Gasteiger partial charge in [0.15, 0.2) is 0 Å². The second-order valence-electron chi connectivity index (χ2n) is 3.33. The van der Waals surface area contributed by atoms with Gasteiger partial charge in [-0.3, -0.25) is 0 Å². The largest absolute Gasteiger partial charge is 0.495 e. The van der Waals surface area contributed by atoms with Crippen molar-refractivity contribution in [2.45, 2.75) is 18.7 Å². The third-order valence-corrected chi connectivity index (χ3v) is 3.26. The quantitative estimate of drug-likeness (QED) is 0.620. The van der Waals surface area contributed by atoms with Gasteiger partial charge in [-0.1, -0.05) is 13.8 Å². The van der Waals surface area contributed by atoms with Crippen molar-refractivity contribution in [3.63, 3.8) is 0 Å². The molecule has 96 valence electrons. The number of nitrogens with two attached hydrogens (primary N) is 1. The maximum absolute atomic E-state index is 11.9. The Bertz CT molecular complexity index is 394. The molecule has 1 atom stereocenters. The van der Waals surface area contributed by atoms with E-state index in [1.807, 2.05) is 13.8 Å². The van der Waals surface area contributed by atoms with Crippen LogP contribution < -0.4 is 10.5 Å². The van der Waals surface area contributed by atoms with Gasteiger partial charge in [0.2, 0.25) is 11.1 Å². The molecule has 0 heterocycles. The molecule has 6 heteroatoms. The molecule has 1 rings (SSSR count). The normalized spacial score (nSPS) is 12.7. The molecule has 1 unspecified atom stereocenters. The van der Waals surface area contributed by atoms with Crippen LogP contribution in [-0.2, 0) is 15.4 Å². The summed E-state index contributed by atoms with van der Waals surface area (Å²) in [6, 6.07) is 4.95. The standard InChI is InChI=1S/C11H18N2O3S/c1-4-13(5-2)16-17(14)9-6-7-11(15-3)10(12)8-9/h6-8H,4-5,12H2,1-3H3. The van der Waals surface area contributed by atoms with Gasteiger partial charge in [0, 0.05) is 13.1 Å². The topological polar surface area (TPSA) is 64.8 Å². The predicted molar refractivity (Wildman–Crippen MR) is 67.8 cm³/mol. The minimum atomic E-state index is -1.54. The highest BCUT2D eigenvalue weighted by Crippen LogP contribution is 2.24. The van der Waals surface area contributed by atoms with Crippen LogP contribution in [0.25, 0.3) is 0 Å². The second kappa shape index (κ2) is 6.58. The molecule has 1 aromatic carbocycles. The first-order chi connectivity index (χ1) is 8.12. The molecule has 2 N–H and O–H groups in total. The molecule has 0 radical (unpaired) electrons. The molecule has 5 nitrogen and oxygen atoms in total. The summed E-state index contributed by atoms with van der Waals surface area (Å²) in [6.07, 6.45) is 0. The van der Waals surface area contributed by atoms with Gasteiger partial charge < -0.3 is 10.5 Å². The third kappa shape index (κ3) is 3.69. The van der Waals surface area contributed by atoms with Gasteiger partial charge in [0.05, 0.1) is 17.7 Å². The minimum Gasteiger partial charge on any atom is -0.495 e. The summed E-state index contributed by atoms with van der Waals surface area (Å²) in [5.41, 5.74) is 6.18. The van der Waals surface area contributed by atoms with Crippen molar-refractivity contribution in [2.24, 2.45) is 0 Å². The van der Waals surface area contributed by atoms with Crippen LogP contribution in [0, 0.1) is 0 Å². The monoisotopic (exact) mass is 258 g/mol. The number of rotatable bonds is 6. The molecule has 0 saturated heterocycles. The van der Waals surface area contributed by atoms with Gasteiger partial charge in [-0.05, 0) is 18.2 Å². The maximum Gasteiger partial charge on any atom is 0.206 e. The summed E-state index contributed by atoms with van der Waals surface area (Å²) in [6.45, 7) is 5.22. The summed E-state index contributed by atoms with van der Waals surface area (Å²) < 4.78 is 22.2. The highest BCUT2D eigenvalue weighted by Gasteiger charge is 2.11. The Morgan fingerprint density at radius 3 is 2.47 bits per heavy atom. The van der Waals surface area contributed by atoms with Crippen LogP contribution in [0.3, 0.4) is 0 Å². The van der Waals surface area contributed by atoms with Crippen LogP contribution in [0.2, 0.25) is 0 Å². The first kappa shape index (κ1) is 14.0. The minimum absolute atomic E-state index is 0.446. The Kier molecular flexibility index (Phi) is 5.40. The SMILES string of the molecule is CCN(CC)OS(=O)c1ccc(OC)c(N)c1. The molecule has 0 bridgehead atoms. The number of hydrogen-bond acceptors (Lipinski definition) is 5. The van der Waals surface area contributed by atoms with E-state index >= 15 is 0 Å². The fourth-order valence-corrected chi connectivity index (χ4v) is 2.17. The molecule has 0 aliphatic rings. The molecule has 17 heavy (non-hydrogen) atoms. The van der Waals surface area contributed by atoms with Crippen LogP contribution in [-0.4, -0.2) is 29.5 Å². The van der Waals surface area contributed by atoms with E-state index in [-0.39, 0.29) is 0 Å². The Hall–Kier alpha value is -1.11.